The molecule has 0 fully saturated rings. The van der Waals surface area contributed by atoms with Crippen molar-refractivity contribution in [2.75, 3.05) is 0 Å². The van der Waals surface area contributed by atoms with Crippen molar-refractivity contribution in [3.05, 3.63) is 77.9 Å². The summed E-state index contributed by atoms with van der Waals surface area (Å²) >= 11 is 0. The van der Waals surface area contributed by atoms with Crippen molar-refractivity contribution in [1.29, 1.82) is 0 Å². The van der Waals surface area contributed by atoms with Gasteiger partial charge in [0, 0.05) is 17.2 Å². The first-order valence-electron chi connectivity index (χ1n) is 7.25. The Bertz CT molecular complexity index is 848. The van der Waals surface area contributed by atoms with Gasteiger partial charge < -0.3 is 5.32 Å². The van der Waals surface area contributed by atoms with Gasteiger partial charge in [0.05, 0.1) is 11.7 Å². The molecule has 3 rings (SSSR count). The van der Waals surface area contributed by atoms with Crippen molar-refractivity contribution in [2.24, 2.45) is 0 Å². The van der Waals surface area contributed by atoms with E-state index in [-0.39, 0.29) is 11.5 Å². The summed E-state index contributed by atoms with van der Waals surface area (Å²) in [5.74, 6) is -1.70. The molecular formula is C17H14F2N4O. The van der Waals surface area contributed by atoms with E-state index in [0.29, 0.717) is 5.56 Å². The molecule has 3 aromatic rings. The summed E-state index contributed by atoms with van der Waals surface area (Å²) in [4.78, 5) is 16.1. The average molecular weight is 328 g/mol. The van der Waals surface area contributed by atoms with Crippen LogP contribution in [0.3, 0.4) is 0 Å². The summed E-state index contributed by atoms with van der Waals surface area (Å²) in [7, 11) is 0. The van der Waals surface area contributed by atoms with Gasteiger partial charge in [0.1, 0.15) is 24.3 Å². The highest BCUT2D eigenvalue weighted by atomic mass is 19.1. The highest BCUT2D eigenvalue weighted by molar-refractivity contribution is 5.94. The van der Waals surface area contributed by atoms with Crippen LogP contribution in [0.1, 0.15) is 28.9 Å². The number of carbonyl (C=O) groups is 1. The van der Waals surface area contributed by atoms with Crippen molar-refractivity contribution in [3.8, 4) is 5.69 Å². The summed E-state index contributed by atoms with van der Waals surface area (Å²) in [6.45, 7) is 1.64. The topological polar surface area (TPSA) is 59.8 Å². The summed E-state index contributed by atoms with van der Waals surface area (Å²) in [6.07, 6.45) is 2.97. The minimum Gasteiger partial charge on any atom is -0.345 e. The Labute approximate surface area is 137 Å². The lowest BCUT2D eigenvalue weighted by Crippen LogP contribution is -2.27. The van der Waals surface area contributed by atoms with E-state index < -0.39 is 17.7 Å². The van der Waals surface area contributed by atoms with E-state index in [1.54, 1.807) is 42.2 Å². The van der Waals surface area contributed by atoms with E-state index >= 15 is 0 Å². The van der Waals surface area contributed by atoms with Crippen molar-refractivity contribution in [3.63, 3.8) is 0 Å². The summed E-state index contributed by atoms with van der Waals surface area (Å²) in [5.41, 5.74) is 1.42. The maximum Gasteiger partial charge on any atom is 0.251 e. The number of nitrogens with zero attached hydrogens (tertiary/aromatic N) is 3. The lowest BCUT2D eigenvalue weighted by molar-refractivity contribution is 0.0939. The Kier molecular flexibility index (Phi) is 4.33. The highest BCUT2D eigenvalue weighted by Crippen LogP contribution is 2.18. The zero-order valence-electron chi connectivity index (χ0n) is 12.8. The number of hydrogen-bond acceptors (Lipinski definition) is 3. The molecule has 0 spiro atoms. The Hall–Kier alpha value is -3.09. The van der Waals surface area contributed by atoms with Crippen LogP contribution in [-0.4, -0.2) is 20.7 Å². The molecule has 0 saturated heterocycles. The predicted molar refractivity (Wildman–Crippen MR) is 83.6 cm³/mol. The van der Waals surface area contributed by atoms with Crippen LogP contribution in [0.4, 0.5) is 8.78 Å². The number of benzene rings is 2. The molecule has 1 atom stereocenters. The largest absolute Gasteiger partial charge is 0.345 e. The lowest BCUT2D eigenvalue weighted by Gasteiger charge is -2.15. The Morgan fingerprint density at radius 2 is 1.92 bits per heavy atom. The average Bonchev–Trinajstić information content (AvgIpc) is 3.09. The van der Waals surface area contributed by atoms with Crippen LogP contribution < -0.4 is 5.32 Å². The highest BCUT2D eigenvalue weighted by Gasteiger charge is 2.15. The number of nitrogens with one attached hydrogen (secondary N) is 1. The molecule has 1 heterocycles. The first kappa shape index (κ1) is 15.8. The molecule has 0 radical (unpaired) electrons. The first-order valence-corrected chi connectivity index (χ1v) is 7.25. The molecule has 5 nitrogen and oxygen atoms in total. The predicted octanol–water partition coefficient (Wildman–Crippen LogP) is 3.04. The number of halogens is 2. The molecule has 1 amide bonds. The molecule has 0 aliphatic carbocycles. The van der Waals surface area contributed by atoms with Crippen LogP contribution >= 0.6 is 0 Å². The number of carbonyl (C=O) groups excluding carboxylic acids is 1. The molecule has 0 aliphatic heterocycles. The molecule has 0 bridgehead atoms. The number of rotatable bonds is 4. The molecule has 1 N–H and O–H groups in total. The number of amides is 1. The summed E-state index contributed by atoms with van der Waals surface area (Å²) in [6, 6.07) is 9.43. The van der Waals surface area contributed by atoms with Gasteiger partial charge in [0.15, 0.2) is 0 Å². The van der Waals surface area contributed by atoms with E-state index in [0.717, 1.165) is 17.8 Å². The normalized spacial score (nSPS) is 12.0. The van der Waals surface area contributed by atoms with Crippen LogP contribution in [0, 0.1) is 11.6 Å². The van der Waals surface area contributed by atoms with Gasteiger partial charge in [-0.3, -0.25) is 4.79 Å². The van der Waals surface area contributed by atoms with E-state index in [1.165, 1.54) is 12.4 Å². The van der Waals surface area contributed by atoms with E-state index in [4.69, 9.17) is 0 Å². The maximum absolute atomic E-state index is 13.8. The van der Waals surface area contributed by atoms with E-state index in [1.807, 2.05) is 0 Å². The van der Waals surface area contributed by atoms with Crippen LogP contribution in [-0.2, 0) is 0 Å². The molecule has 0 aliphatic rings. The zero-order valence-corrected chi connectivity index (χ0v) is 12.8. The fourth-order valence-electron chi connectivity index (χ4n) is 2.32. The van der Waals surface area contributed by atoms with Crippen molar-refractivity contribution in [1.82, 2.24) is 20.1 Å². The molecule has 0 unspecified atom stereocenters. The van der Waals surface area contributed by atoms with Gasteiger partial charge in [-0.25, -0.2) is 18.4 Å². The number of aromatic nitrogens is 3. The lowest BCUT2D eigenvalue weighted by atomic mass is 10.1. The Balaban J connectivity index is 1.72. The van der Waals surface area contributed by atoms with Gasteiger partial charge in [0.2, 0.25) is 0 Å². The van der Waals surface area contributed by atoms with E-state index in [9.17, 15) is 13.6 Å². The Morgan fingerprint density at radius 3 is 2.54 bits per heavy atom. The molecular weight excluding hydrogens is 314 g/mol. The minimum absolute atomic E-state index is 0.226. The van der Waals surface area contributed by atoms with Crippen LogP contribution in [0.2, 0.25) is 0 Å². The van der Waals surface area contributed by atoms with Crippen LogP contribution in [0.15, 0.2) is 55.1 Å². The van der Waals surface area contributed by atoms with Gasteiger partial charge in [-0.05, 0) is 37.3 Å². The minimum atomic E-state index is -0.690. The van der Waals surface area contributed by atoms with Gasteiger partial charge in [-0.15, -0.1) is 0 Å². The maximum atomic E-state index is 13.8. The second kappa shape index (κ2) is 6.57. The second-order valence-corrected chi connectivity index (χ2v) is 5.25. The monoisotopic (exact) mass is 328 g/mol. The van der Waals surface area contributed by atoms with Gasteiger partial charge >= 0.3 is 0 Å². The third-order valence-corrected chi connectivity index (χ3v) is 3.59. The van der Waals surface area contributed by atoms with Crippen LogP contribution in [0.5, 0.6) is 0 Å². The standard InChI is InChI=1S/C17H14F2N4O/c1-11(15-7-4-13(18)8-16(15)19)22-17(24)12-2-5-14(6-3-12)23-10-20-9-21-23/h2-11H,1H3,(H,22,24)/t11-/m0/s1. The number of hydrogen-bond donors (Lipinski definition) is 1. The fourth-order valence-corrected chi connectivity index (χ4v) is 2.32. The zero-order chi connectivity index (χ0) is 17.1. The third-order valence-electron chi connectivity index (χ3n) is 3.59. The van der Waals surface area contributed by atoms with Gasteiger partial charge in [0.25, 0.3) is 5.91 Å². The SMILES string of the molecule is C[C@H](NC(=O)c1ccc(-n2cncn2)cc1)c1ccc(F)cc1F. The van der Waals surface area contributed by atoms with Crippen molar-refractivity contribution >= 4 is 5.91 Å². The molecule has 7 heteroatoms. The summed E-state index contributed by atoms with van der Waals surface area (Å²) in [5, 5.41) is 6.69. The second-order valence-electron chi connectivity index (χ2n) is 5.25. The molecule has 1 aromatic heterocycles. The van der Waals surface area contributed by atoms with E-state index in [2.05, 4.69) is 15.4 Å². The van der Waals surface area contributed by atoms with Crippen molar-refractivity contribution < 1.29 is 13.6 Å². The fraction of sp³-hybridized carbons (Fsp3) is 0.118. The Morgan fingerprint density at radius 1 is 1.17 bits per heavy atom. The van der Waals surface area contributed by atoms with Gasteiger partial charge in [-0.1, -0.05) is 6.07 Å². The third kappa shape index (κ3) is 3.29. The van der Waals surface area contributed by atoms with Crippen molar-refractivity contribution in [2.45, 2.75) is 13.0 Å². The van der Waals surface area contributed by atoms with Crippen LogP contribution in [0.25, 0.3) is 5.69 Å². The smallest absolute Gasteiger partial charge is 0.251 e. The van der Waals surface area contributed by atoms with Gasteiger partial charge in [-0.2, -0.15) is 5.10 Å². The molecule has 0 saturated carbocycles. The molecule has 122 valence electrons. The molecule has 2 aromatic carbocycles. The quantitative estimate of drug-likeness (QED) is 0.801. The summed E-state index contributed by atoms with van der Waals surface area (Å²) < 4.78 is 28.3. The first-order chi connectivity index (χ1) is 11.5. The molecule has 24 heavy (non-hydrogen) atoms.